The molecule has 1 aliphatic heterocycles. The van der Waals surface area contributed by atoms with Crippen molar-refractivity contribution in [2.45, 2.75) is 62.1 Å². The first-order valence-electron chi connectivity index (χ1n) is 12.2. The fourth-order valence-corrected chi connectivity index (χ4v) is 7.80. The number of ether oxygens (including phenoxy) is 1. The highest BCUT2D eigenvalue weighted by atomic mass is 32.2. The van der Waals surface area contributed by atoms with Crippen LogP contribution in [0.25, 0.3) is 0 Å². The summed E-state index contributed by atoms with van der Waals surface area (Å²) in [5.74, 6) is 0.639. The van der Waals surface area contributed by atoms with Crippen LogP contribution >= 0.6 is 0 Å². The molecule has 34 heavy (non-hydrogen) atoms. The molecule has 0 bridgehead atoms. The highest BCUT2D eigenvalue weighted by Crippen LogP contribution is 2.43. The van der Waals surface area contributed by atoms with Gasteiger partial charge in [-0.3, -0.25) is 9.69 Å². The van der Waals surface area contributed by atoms with Crippen molar-refractivity contribution in [2.75, 3.05) is 33.3 Å². The minimum atomic E-state index is -3.80. The third-order valence-corrected chi connectivity index (χ3v) is 10.0. The molecular formula is C27H36N2O4S. The second-order valence-electron chi connectivity index (χ2n) is 9.74. The number of amides is 1. The van der Waals surface area contributed by atoms with Crippen LogP contribution in [0.4, 0.5) is 0 Å². The molecule has 0 unspecified atom stereocenters. The van der Waals surface area contributed by atoms with E-state index in [-0.39, 0.29) is 5.91 Å². The maximum Gasteiger partial charge on any atom is 0.244 e. The van der Waals surface area contributed by atoms with E-state index in [1.165, 1.54) is 5.56 Å². The van der Waals surface area contributed by atoms with E-state index in [0.29, 0.717) is 36.4 Å². The van der Waals surface area contributed by atoms with Gasteiger partial charge in [0.05, 0.1) is 12.0 Å². The van der Waals surface area contributed by atoms with E-state index in [1.807, 2.05) is 43.0 Å². The first kappa shape index (κ1) is 24.7. The van der Waals surface area contributed by atoms with Crippen molar-refractivity contribution in [3.05, 3.63) is 59.2 Å². The molecule has 0 spiro atoms. The zero-order valence-corrected chi connectivity index (χ0v) is 21.4. The van der Waals surface area contributed by atoms with Gasteiger partial charge in [-0.1, -0.05) is 37.1 Å². The van der Waals surface area contributed by atoms with Gasteiger partial charge in [0.1, 0.15) is 5.75 Å². The fourth-order valence-electron chi connectivity index (χ4n) is 5.36. The van der Waals surface area contributed by atoms with Crippen LogP contribution in [-0.4, -0.2) is 62.2 Å². The third kappa shape index (κ3) is 4.73. The number of hydrogen-bond acceptors (Lipinski definition) is 5. The summed E-state index contributed by atoms with van der Waals surface area (Å²) < 4.78 is 31.9. The number of hydrogen-bond donors (Lipinski definition) is 0. The van der Waals surface area contributed by atoms with Crippen LogP contribution < -0.4 is 4.74 Å². The molecule has 0 radical (unpaired) electrons. The quantitative estimate of drug-likeness (QED) is 0.617. The lowest BCUT2D eigenvalue weighted by atomic mass is 10.1. The topological polar surface area (TPSA) is 66.9 Å². The van der Waals surface area contributed by atoms with Crippen LogP contribution in [0.3, 0.4) is 0 Å². The van der Waals surface area contributed by atoms with Gasteiger partial charge in [-0.15, -0.1) is 0 Å². The van der Waals surface area contributed by atoms with Gasteiger partial charge in [0.15, 0.2) is 14.6 Å². The Hall–Kier alpha value is -2.38. The summed E-state index contributed by atoms with van der Waals surface area (Å²) in [5, 5.41) is 0. The molecule has 2 aromatic rings. The molecule has 2 aromatic carbocycles. The molecule has 1 saturated heterocycles. The number of aryl methyl sites for hydroxylation is 2. The number of rotatable bonds is 6. The minimum Gasteiger partial charge on any atom is -0.497 e. The number of methoxy groups -OCH3 is 1. The minimum absolute atomic E-state index is 0.197. The molecular weight excluding hydrogens is 448 g/mol. The van der Waals surface area contributed by atoms with Gasteiger partial charge >= 0.3 is 0 Å². The molecule has 4 rings (SSSR count). The van der Waals surface area contributed by atoms with Crippen molar-refractivity contribution in [1.29, 1.82) is 0 Å². The molecule has 2 fully saturated rings. The zero-order chi connectivity index (χ0) is 24.3. The molecule has 0 aromatic heterocycles. The van der Waals surface area contributed by atoms with Gasteiger partial charge in [-0.2, -0.15) is 0 Å². The van der Waals surface area contributed by atoms with Crippen molar-refractivity contribution in [3.63, 3.8) is 0 Å². The highest BCUT2D eigenvalue weighted by Gasteiger charge is 2.54. The lowest BCUT2D eigenvalue weighted by molar-refractivity contribution is -0.133. The predicted molar refractivity (Wildman–Crippen MR) is 134 cm³/mol. The molecule has 1 amide bonds. The summed E-state index contributed by atoms with van der Waals surface area (Å²) >= 11 is 0. The Labute approximate surface area is 203 Å². The number of benzene rings is 2. The molecule has 1 saturated carbocycles. The summed E-state index contributed by atoms with van der Waals surface area (Å²) in [6.45, 7) is 7.29. The van der Waals surface area contributed by atoms with Crippen LogP contribution in [0.15, 0.2) is 47.4 Å². The van der Waals surface area contributed by atoms with Gasteiger partial charge in [0, 0.05) is 32.7 Å². The molecule has 2 aliphatic rings. The molecule has 184 valence electrons. The maximum atomic E-state index is 14.0. The summed E-state index contributed by atoms with van der Waals surface area (Å²) in [6.07, 6.45) is 3.20. The largest absolute Gasteiger partial charge is 0.497 e. The van der Waals surface area contributed by atoms with E-state index < -0.39 is 14.6 Å². The maximum absolute atomic E-state index is 14.0. The second-order valence-corrected chi connectivity index (χ2v) is 12.0. The molecule has 7 heteroatoms. The van der Waals surface area contributed by atoms with E-state index in [4.69, 9.17) is 4.74 Å². The van der Waals surface area contributed by atoms with E-state index in [1.54, 1.807) is 13.2 Å². The van der Waals surface area contributed by atoms with Crippen molar-refractivity contribution in [2.24, 2.45) is 0 Å². The van der Waals surface area contributed by atoms with Crippen LogP contribution in [0, 0.1) is 13.8 Å². The molecule has 1 heterocycles. The molecule has 6 nitrogen and oxygen atoms in total. The standard InChI is InChI=1S/C27H36N2O4S/c1-21-7-8-22(2)25(19-21)34(31,32)27(13-4-5-14-27)26(30)29-16-6-15-28(17-18-29)20-23-9-11-24(33-3)12-10-23/h7-12,19H,4-6,13-18,20H2,1-3H3. The highest BCUT2D eigenvalue weighted by molar-refractivity contribution is 7.93. The average Bonchev–Trinajstić information content (AvgIpc) is 3.24. The van der Waals surface area contributed by atoms with E-state index >= 15 is 0 Å². The van der Waals surface area contributed by atoms with E-state index in [9.17, 15) is 13.2 Å². The SMILES string of the molecule is COc1ccc(CN2CCCN(C(=O)C3(S(=O)(=O)c4cc(C)ccc4C)CCCC3)CC2)cc1. The molecule has 0 N–H and O–H groups in total. The number of carbonyl (C=O) groups excluding carboxylic acids is 1. The Morgan fingerprint density at radius 3 is 2.32 bits per heavy atom. The van der Waals surface area contributed by atoms with Crippen molar-refractivity contribution < 1.29 is 17.9 Å². The normalized spacial score (nSPS) is 19.1. The number of carbonyl (C=O) groups is 1. The van der Waals surface area contributed by atoms with Crippen LogP contribution in [0.5, 0.6) is 5.75 Å². The third-order valence-electron chi connectivity index (χ3n) is 7.39. The van der Waals surface area contributed by atoms with Gasteiger partial charge in [0.2, 0.25) is 5.91 Å². The Morgan fingerprint density at radius 1 is 0.941 bits per heavy atom. The van der Waals surface area contributed by atoms with Crippen molar-refractivity contribution >= 4 is 15.7 Å². The number of nitrogens with zero attached hydrogens (tertiary/aromatic N) is 2. The van der Waals surface area contributed by atoms with E-state index in [0.717, 1.165) is 50.2 Å². The Balaban J connectivity index is 1.52. The summed E-state index contributed by atoms with van der Waals surface area (Å²) in [6, 6.07) is 13.6. The second kappa shape index (κ2) is 10.1. The van der Waals surface area contributed by atoms with Crippen LogP contribution in [-0.2, 0) is 21.2 Å². The summed E-state index contributed by atoms with van der Waals surface area (Å²) in [4.78, 5) is 18.4. The molecule has 1 aliphatic carbocycles. The molecule has 0 atom stereocenters. The lowest BCUT2D eigenvalue weighted by Crippen LogP contribution is -2.53. The lowest BCUT2D eigenvalue weighted by Gasteiger charge is -2.34. The number of sulfone groups is 1. The predicted octanol–water partition coefficient (Wildman–Crippen LogP) is 4.13. The van der Waals surface area contributed by atoms with E-state index in [2.05, 4.69) is 17.0 Å². The monoisotopic (exact) mass is 484 g/mol. The summed E-state index contributed by atoms with van der Waals surface area (Å²) in [5.41, 5.74) is 2.81. The van der Waals surface area contributed by atoms with Crippen LogP contribution in [0.2, 0.25) is 0 Å². The van der Waals surface area contributed by atoms with Crippen molar-refractivity contribution in [1.82, 2.24) is 9.80 Å². The Morgan fingerprint density at radius 2 is 1.65 bits per heavy atom. The first-order valence-corrected chi connectivity index (χ1v) is 13.7. The van der Waals surface area contributed by atoms with Gasteiger partial charge in [-0.25, -0.2) is 8.42 Å². The van der Waals surface area contributed by atoms with Crippen molar-refractivity contribution in [3.8, 4) is 5.75 Å². The Kier molecular flexibility index (Phi) is 7.33. The van der Waals surface area contributed by atoms with Crippen LogP contribution in [0.1, 0.15) is 48.8 Å². The fraction of sp³-hybridized carbons (Fsp3) is 0.519. The van der Waals surface area contributed by atoms with Gasteiger partial charge in [-0.05, 0) is 68.0 Å². The smallest absolute Gasteiger partial charge is 0.244 e. The average molecular weight is 485 g/mol. The Bertz CT molecular complexity index is 1120. The van der Waals surface area contributed by atoms with Gasteiger partial charge in [0.25, 0.3) is 0 Å². The summed E-state index contributed by atoms with van der Waals surface area (Å²) in [7, 11) is -2.14. The van der Waals surface area contributed by atoms with Gasteiger partial charge < -0.3 is 9.64 Å². The zero-order valence-electron chi connectivity index (χ0n) is 20.5. The first-order chi connectivity index (χ1) is 16.3.